The Balaban J connectivity index is 1.47. The Morgan fingerprint density at radius 1 is 1.03 bits per heavy atom. The number of rotatable bonds is 6. The SMILES string of the molecule is CN=C(NCc1ccccc1OC(C)(C)C)NC1CCN(Cc2ccccc2)CC1. The number of likely N-dealkylation sites (tertiary alicyclic amines) is 1. The minimum absolute atomic E-state index is 0.219. The summed E-state index contributed by atoms with van der Waals surface area (Å²) < 4.78 is 6.10. The van der Waals surface area contributed by atoms with E-state index in [1.165, 1.54) is 5.56 Å². The van der Waals surface area contributed by atoms with E-state index >= 15 is 0 Å². The van der Waals surface area contributed by atoms with Gasteiger partial charge < -0.3 is 15.4 Å². The topological polar surface area (TPSA) is 48.9 Å². The van der Waals surface area contributed by atoms with Crippen molar-refractivity contribution in [1.82, 2.24) is 15.5 Å². The maximum Gasteiger partial charge on any atom is 0.191 e. The second-order valence-corrected chi connectivity index (χ2v) is 8.93. The maximum absolute atomic E-state index is 6.10. The highest BCUT2D eigenvalue weighted by Gasteiger charge is 2.20. The lowest BCUT2D eigenvalue weighted by Gasteiger charge is -2.33. The second kappa shape index (κ2) is 10.5. The van der Waals surface area contributed by atoms with Crippen LogP contribution < -0.4 is 15.4 Å². The lowest BCUT2D eigenvalue weighted by atomic mass is 10.0. The highest BCUT2D eigenvalue weighted by molar-refractivity contribution is 5.80. The van der Waals surface area contributed by atoms with Crippen LogP contribution in [0.4, 0.5) is 0 Å². The van der Waals surface area contributed by atoms with E-state index in [-0.39, 0.29) is 5.60 Å². The van der Waals surface area contributed by atoms with Gasteiger partial charge in [0.2, 0.25) is 0 Å². The van der Waals surface area contributed by atoms with Crippen molar-refractivity contribution >= 4 is 5.96 Å². The van der Waals surface area contributed by atoms with Gasteiger partial charge in [0.05, 0.1) is 0 Å². The summed E-state index contributed by atoms with van der Waals surface area (Å²) in [5, 5.41) is 7.05. The molecule has 0 radical (unpaired) electrons. The van der Waals surface area contributed by atoms with Crippen LogP contribution in [0.15, 0.2) is 59.6 Å². The molecule has 1 fully saturated rings. The largest absolute Gasteiger partial charge is 0.488 e. The Hall–Kier alpha value is -2.53. The van der Waals surface area contributed by atoms with Gasteiger partial charge >= 0.3 is 0 Å². The van der Waals surface area contributed by atoms with Crippen molar-refractivity contribution in [3.63, 3.8) is 0 Å². The van der Waals surface area contributed by atoms with Crippen LogP contribution in [0.5, 0.6) is 5.75 Å². The van der Waals surface area contributed by atoms with Gasteiger partial charge in [-0.15, -0.1) is 0 Å². The van der Waals surface area contributed by atoms with Crippen molar-refractivity contribution < 1.29 is 4.74 Å². The molecule has 1 aliphatic rings. The molecule has 0 bridgehead atoms. The Morgan fingerprint density at radius 3 is 2.37 bits per heavy atom. The molecule has 5 nitrogen and oxygen atoms in total. The first kappa shape index (κ1) is 22.2. The Labute approximate surface area is 181 Å². The zero-order valence-electron chi connectivity index (χ0n) is 18.8. The van der Waals surface area contributed by atoms with Gasteiger partial charge in [-0.3, -0.25) is 9.89 Å². The average Bonchev–Trinajstić information content (AvgIpc) is 2.73. The fourth-order valence-corrected chi connectivity index (χ4v) is 3.72. The van der Waals surface area contributed by atoms with E-state index in [9.17, 15) is 0 Å². The molecule has 0 saturated carbocycles. The number of nitrogens with zero attached hydrogens (tertiary/aromatic N) is 2. The number of hydrogen-bond acceptors (Lipinski definition) is 3. The number of nitrogens with one attached hydrogen (secondary N) is 2. The first-order chi connectivity index (χ1) is 14.4. The van der Waals surface area contributed by atoms with Gasteiger partial charge in [0.15, 0.2) is 5.96 Å². The Bertz CT molecular complexity index is 805. The van der Waals surface area contributed by atoms with E-state index in [1.54, 1.807) is 0 Å². The molecule has 0 spiro atoms. The highest BCUT2D eigenvalue weighted by Crippen LogP contribution is 2.23. The second-order valence-electron chi connectivity index (χ2n) is 8.93. The molecule has 0 aromatic heterocycles. The zero-order valence-corrected chi connectivity index (χ0v) is 18.8. The summed E-state index contributed by atoms with van der Waals surface area (Å²) in [6.07, 6.45) is 2.24. The predicted molar refractivity (Wildman–Crippen MR) is 125 cm³/mol. The molecule has 5 heteroatoms. The average molecular weight is 409 g/mol. The van der Waals surface area contributed by atoms with E-state index in [0.29, 0.717) is 12.6 Å². The summed E-state index contributed by atoms with van der Waals surface area (Å²) in [5.41, 5.74) is 2.30. The summed E-state index contributed by atoms with van der Waals surface area (Å²) in [7, 11) is 1.83. The van der Waals surface area contributed by atoms with Gasteiger partial charge in [0, 0.05) is 44.8 Å². The summed E-state index contributed by atoms with van der Waals surface area (Å²) in [6.45, 7) is 10.1. The van der Waals surface area contributed by atoms with Crippen molar-refractivity contribution in [2.75, 3.05) is 20.1 Å². The molecule has 1 aliphatic heterocycles. The third-order valence-electron chi connectivity index (χ3n) is 5.24. The van der Waals surface area contributed by atoms with Crippen molar-refractivity contribution in [2.45, 2.75) is 58.3 Å². The number of hydrogen-bond donors (Lipinski definition) is 2. The first-order valence-electron chi connectivity index (χ1n) is 10.9. The van der Waals surface area contributed by atoms with Crippen molar-refractivity contribution in [1.29, 1.82) is 0 Å². The summed E-state index contributed by atoms with van der Waals surface area (Å²) in [5.74, 6) is 1.77. The molecule has 1 saturated heterocycles. The van der Waals surface area contributed by atoms with Gasteiger partial charge in [0.1, 0.15) is 11.4 Å². The van der Waals surface area contributed by atoms with Crippen molar-refractivity contribution in [3.05, 3.63) is 65.7 Å². The highest BCUT2D eigenvalue weighted by atomic mass is 16.5. The minimum atomic E-state index is -0.219. The fourth-order valence-electron chi connectivity index (χ4n) is 3.72. The van der Waals surface area contributed by atoms with Crippen LogP contribution in [0.2, 0.25) is 0 Å². The van der Waals surface area contributed by atoms with Gasteiger partial charge in [-0.2, -0.15) is 0 Å². The van der Waals surface area contributed by atoms with Crippen LogP contribution in [0.25, 0.3) is 0 Å². The third kappa shape index (κ3) is 7.06. The summed E-state index contributed by atoms with van der Waals surface area (Å²) in [6, 6.07) is 19.4. The van der Waals surface area contributed by atoms with Crippen molar-refractivity contribution in [2.24, 2.45) is 4.99 Å². The number of para-hydroxylation sites is 1. The van der Waals surface area contributed by atoms with Crippen LogP contribution in [-0.4, -0.2) is 42.6 Å². The quantitative estimate of drug-likeness (QED) is 0.556. The standard InChI is InChI=1S/C25H36N4O/c1-25(2,3)30-23-13-9-8-12-21(23)18-27-24(26-4)28-22-14-16-29(17-15-22)19-20-10-6-5-7-11-20/h5-13,22H,14-19H2,1-4H3,(H2,26,27,28). The first-order valence-corrected chi connectivity index (χ1v) is 10.9. The number of aliphatic imine (C=N–C) groups is 1. The van der Waals surface area contributed by atoms with Crippen LogP contribution in [-0.2, 0) is 13.1 Å². The molecular formula is C25H36N4O. The van der Waals surface area contributed by atoms with E-state index in [2.05, 4.69) is 77.7 Å². The molecule has 0 unspecified atom stereocenters. The van der Waals surface area contributed by atoms with Crippen LogP contribution in [0, 0.1) is 0 Å². The Kier molecular flexibility index (Phi) is 7.75. The van der Waals surface area contributed by atoms with Gasteiger partial charge in [-0.1, -0.05) is 48.5 Å². The minimum Gasteiger partial charge on any atom is -0.488 e. The van der Waals surface area contributed by atoms with Crippen LogP contribution >= 0.6 is 0 Å². The summed E-state index contributed by atoms with van der Waals surface area (Å²) in [4.78, 5) is 6.96. The molecule has 0 amide bonds. The van der Waals surface area contributed by atoms with Gasteiger partial charge in [-0.25, -0.2) is 0 Å². The van der Waals surface area contributed by atoms with E-state index in [4.69, 9.17) is 4.74 Å². The lowest BCUT2D eigenvalue weighted by molar-refractivity contribution is 0.129. The fraction of sp³-hybridized carbons (Fsp3) is 0.480. The summed E-state index contributed by atoms with van der Waals surface area (Å²) >= 11 is 0. The normalized spacial score (nSPS) is 16.3. The number of ether oxygens (including phenoxy) is 1. The van der Waals surface area contributed by atoms with Gasteiger partial charge in [0.25, 0.3) is 0 Å². The predicted octanol–water partition coefficient (Wildman–Crippen LogP) is 4.19. The monoisotopic (exact) mass is 408 g/mol. The zero-order chi connectivity index (χ0) is 21.4. The molecule has 2 aromatic carbocycles. The Morgan fingerprint density at radius 2 is 1.70 bits per heavy atom. The molecular weight excluding hydrogens is 372 g/mol. The smallest absolute Gasteiger partial charge is 0.191 e. The third-order valence-corrected chi connectivity index (χ3v) is 5.24. The van der Waals surface area contributed by atoms with Crippen molar-refractivity contribution in [3.8, 4) is 5.75 Å². The van der Waals surface area contributed by atoms with Crippen LogP contribution in [0.3, 0.4) is 0 Å². The van der Waals surface area contributed by atoms with E-state index in [0.717, 1.165) is 49.7 Å². The molecule has 2 N–H and O–H groups in total. The molecule has 30 heavy (non-hydrogen) atoms. The van der Waals surface area contributed by atoms with Gasteiger partial charge in [-0.05, 0) is 45.2 Å². The van der Waals surface area contributed by atoms with E-state index in [1.807, 2.05) is 25.2 Å². The van der Waals surface area contributed by atoms with Crippen LogP contribution in [0.1, 0.15) is 44.7 Å². The number of piperidine rings is 1. The maximum atomic E-state index is 6.10. The number of benzene rings is 2. The van der Waals surface area contributed by atoms with E-state index < -0.39 is 0 Å². The molecule has 162 valence electrons. The molecule has 0 aliphatic carbocycles. The molecule has 0 atom stereocenters. The molecule has 2 aromatic rings. The number of guanidine groups is 1. The molecule has 1 heterocycles. The lowest BCUT2D eigenvalue weighted by Crippen LogP contribution is -2.48. The molecule has 3 rings (SSSR count).